The minimum atomic E-state index is 0. The van der Waals surface area contributed by atoms with Crippen LogP contribution in [0.15, 0.2) is 0 Å². The van der Waals surface area contributed by atoms with Crippen LogP contribution < -0.4 is 0 Å². The van der Waals surface area contributed by atoms with Crippen LogP contribution in [0.1, 0.15) is 0 Å². The molecule has 0 nitrogen and oxygen atoms in total. The molecule has 0 aromatic heterocycles. The Morgan fingerprint density at radius 1 is 0.500 bits per heavy atom. The van der Waals surface area contributed by atoms with Gasteiger partial charge in [-0.1, -0.05) is 0 Å². The van der Waals surface area contributed by atoms with Gasteiger partial charge in [0, 0.05) is 16.8 Å². The molecule has 0 amide bonds. The smallest absolute Gasteiger partial charge is 0 e. The molecule has 0 unspecified atom stereocenters. The van der Waals surface area contributed by atoms with Crippen molar-refractivity contribution in [2.45, 2.75) is 0 Å². The predicted molar refractivity (Wildman–Crippen MR) is 16.5 cm³/mol. The van der Waals surface area contributed by atoms with Crippen LogP contribution in [-0.2, 0) is 0 Å². The van der Waals surface area contributed by atoms with E-state index in [1.165, 1.54) is 0 Å². The third kappa shape index (κ3) is 19000. The lowest BCUT2D eigenvalue weighted by molar-refractivity contribution is 1.11. The summed E-state index contributed by atoms with van der Waals surface area (Å²) in [7, 11) is 0. The van der Waals surface area contributed by atoms with E-state index in [9.17, 15) is 0 Å². The van der Waals surface area contributed by atoms with E-state index in [2.05, 4.69) is 0 Å². The molecule has 4 heteroatoms. The second-order valence-electron chi connectivity index (χ2n) is 0. The maximum absolute atomic E-state index is 0. The molecule has 0 aliphatic heterocycles. The average Bonchev–Trinajstić information content (AvgIpc) is 0. The Bertz CT molecular complexity index is 4.00. The molecule has 22 valence electrons. The van der Waals surface area contributed by atoms with Gasteiger partial charge in [-0.15, -0.1) is 0 Å². The van der Waals surface area contributed by atoms with Gasteiger partial charge >= 0.3 is 0 Å². The van der Waals surface area contributed by atoms with Crippen LogP contribution in [0.3, 0.4) is 0 Å². The highest BCUT2D eigenvalue weighted by Crippen LogP contribution is 0.421. The molecule has 0 atom stereocenters. The Labute approximate surface area is 27.5 Å². The van der Waals surface area contributed by atoms with E-state index < -0.39 is 0 Å². The Kier molecular flexibility index (Phi) is 10000000000. The van der Waals surface area contributed by atoms with E-state index in [0.29, 0.717) is 0 Å². The Morgan fingerprint density at radius 3 is 0.500 bits per heavy atom. The summed E-state index contributed by atoms with van der Waals surface area (Å²) in [5, 5.41) is 0. The zero-order valence-corrected chi connectivity index (χ0v) is 1.97. The van der Waals surface area contributed by atoms with Crippen LogP contribution in [-0.4, -0.2) is 16.8 Å². The van der Waals surface area contributed by atoms with Crippen molar-refractivity contribution in [1.82, 2.24) is 0 Å². The summed E-state index contributed by atoms with van der Waals surface area (Å²) < 4.78 is 0. The van der Waals surface area contributed by atoms with E-state index in [1.54, 1.807) is 0 Å². The molecule has 0 spiro atoms. The van der Waals surface area contributed by atoms with Gasteiger partial charge in [-0.2, -0.15) is 0 Å². The van der Waals surface area contributed by atoms with Crippen molar-refractivity contribution in [1.29, 1.82) is 0 Å². The van der Waals surface area contributed by atoms with E-state index >= 15 is 0 Å². The van der Waals surface area contributed by atoms with Gasteiger partial charge in [0.15, 0.2) is 0 Å². The van der Waals surface area contributed by atoms with E-state index in [1.807, 2.05) is 0 Å². The summed E-state index contributed by atoms with van der Waals surface area (Å²) in [6.07, 6.45) is 0. The summed E-state index contributed by atoms with van der Waals surface area (Å²) >= 11 is 0. The monoisotopic (exact) mass is 62.0 g/mol. The molecular weight excluding hydrogens is 59.6 g/mol. The summed E-state index contributed by atoms with van der Waals surface area (Å²) in [5.41, 5.74) is 0. The van der Waals surface area contributed by atoms with E-state index in [-0.39, 0.29) is 26.2 Å². The van der Waals surface area contributed by atoms with Crippen molar-refractivity contribution in [3.63, 3.8) is 0 Å². The quantitative estimate of drug-likeness (QED) is 0.333. The Morgan fingerprint density at radius 2 is 0.500 bits per heavy atom. The minimum Gasteiger partial charge on any atom is -0.269 e. The number of hydrogen-bond acceptors (Lipinski definition) is 0. The van der Waals surface area contributed by atoms with E-state index in [4.69, 9.17) is 0 Å². The first-order valence-corrected chi connectivity index (χ1v) is 0. The molecule has 6 radical (unpaired) electrons. The Hall–Kier alpha value is -0.0101. The van der Waals surface area contributed by atoms with Crippen LogP contribution in [0.4, 0.5) is 9.41 Å². The zero-order valence-electron chi connectivity index (χ0n) is 1.97. The van der Waals surface area contributed by atoms with Crippen molar-refractivity contribution >= 4 is 16.8 Å². The maximum atomic E-state index is 0. The normalized spacial score (nSPS) is 0. The summed E-state index contributed by atoms with van der Waals surface area (Å²) in [6.45, 7) is 0. The van der Waals surface area contributed by atoms with Gasteiger partial charge in [-0.05, 0) is 0 Å². The molecular formula is H2B2F2. The van der Waals surface area contributed by atoms with Crippen molar-refractivity contribution < 1.29 is 9.41 Å². The molecule has 0 aliphatic carbocycles. The van der Waals surface area contributed by atoms with Crippen LogP contribution in [0.2, 0.25) is 0 Å². The number of hydrogen-bond donors (Lipinski definition) is 0. The molecule has 0 heterocycles. The van der Waals surface area contributed by atoms with Gasteiger partial charge in [0.25, 0.3) is 0 Å². The van der Waals surface area contributed by atoms with Crippen LogP contribution in [0, 0.1) is 0 Å². The lowest BCUT2D eigenvalue weighted by atomic mass is 10.8. The first-order valence-electron chi connectivity index (χ1n) is 0. The van der Waals surface area contributed by atoms with Gasteiger partial charge in [0.1, 0.15) is 0 Å². The second-order valence-corrected chi connectivity index (χ2v) is 0. The molecule has 0 aromatic carbocycles. The fourth-order valence-electron chi connectivity index (χ4n) is 0. The molecule has 0 N–H and O–H groups in total. The van der Waals surface area contributed by atoms with Crippen molar-refractivity contribution in [2.24, 2.45) is 0 Å². The molecule has 0 rings (SSSR count). The third-order valence-corrected chi connectivity index (χ3v) is 0. The molecule has 0 saturated heterocycles. The SMILES string of the molecule is F.F.[B].[B]. The van der Waals surface area contributed by atoms with Gasteiger partial charge in [-0.3, -0.25) is 9.41 Å². The van der Waals surface area contributed by atoms with Gasteiger partial charge in [0.05, 0.1) is 0 Å². The van der Waals surface area contributed by atoms with Gasteiger partial charge in [0.2, 0.25) is 0 Å². The van der Waals surface area contributed by atoms with Crippen LogP contribution in [0.25, 0.3) is 0 Å². The van der Waals surface area contributed by atoms with Gasteiger partial charge < -0.3 is 0 Å². The second kappa shape index (κ2) is 115000. The van der Waals surface area contributed by atoms with Crippen LogP contribution >= 0.6 is 0 Å². The lowest BCUT2D eigenvalue weighted by Gasteiger charge is -0.270. The number of rotatable bonds is 0. The van der Waals surface area contributed by atoms with Crippen LogP contribution in [0.5, 0.6) is 0 Å². The fourth-order valence-corrected chi connectivity index (χ4v) is 0. The number of halogens is 2. The van der Waals surface area contributed by atoms with Crippen molar-refractivity contribution in [3.05, 3.63) is 0 Å². The third-order valence-electron chi connectivity index (χ3n) is 0. The molecule has 4 heavy (non-hydrogen) atoms. The highest BCUT2D eigenvalue weighted by molar-refractivity contribution is 5.76. The standard InChI is InChI=1S/2B.2FH/h;;2*1H. The average molecular weight is 61.6 g/mol. The van der Waals surface area contributed by atoms with E-state index in [0.717, 1.165) is 0 Å². The zero-order chi connectivity index (χ0) is 0. The summed E-state index contributed by atoms with van der Waals surface area (Å²) in [4.78, 5) is 0. The summed E-state index contributed by atoms with van der Waals surface area (Å²) in [6, 6.07) is 0. The topological polar surface area (TPSA) is 0 Å². The Balaban J connectivity index is 0. The minimum absolute atomic E-state index is 0. The fraction of sp³-hybridized carbons (Fsp3) is 0. The largest absolute Gasteiger partial charge is 0.269 e. The molecule has 0 aliphatic rings. The first-order chi connectivity index (χ1) is 0. The first kappa shape index (κ1) is 348000. The highest BCUT2D eigenvalue weighted by atomic mass is 19.0. The maximum Gasteiger partial charge on any atom is 0 e. The lowest BCUT2D eigenvalue weighted by Crippen LogP contribution is -0.382. The predicted octanol–water partition coefficient (Wildman–Crippen LogP) is -0.457. The molecule has 0 fully saturated rings. The van der Waals surface area contributed by atoms with Gasteiger partial charge in [-0.25, -0.2) is 0 Å². The molecule has 0 bridgehead atoms. The summed E-state index contributed by atoms with van der Waals surface area (Å²) in [5.74, 6) is 0. The van der Waals surface area contributed by atoms with Crippen molar-refractivity contribution in [3.8, 4) is 0 Å². The molecule has 0 saturated carbocycles. The highest BCUT2D eigenvalue weighted by Gasteiger charge is 0.00101. The molecule has 0 aromatic rings. The van der Waals surface area contributed by atoms with Crippen molar-refractivity contribution in [2.75, 3.05) is 0 Å².